The van der Waals surface area contributed by atoms with E-state index in [1.165, 1.54) is 17.0 Å². The quantitative estimate of drug-likeness (QED) is 0.912. The van der Waals surface area contributed by atoms with Crippen LogP contribution in [0.25, 0.3) is 0 Å². The molecule has 0 aliphatic carbocycles. The van der Waals surface area contributed by atoms with Crippen molar-refractivity contribution in [2.75, 3.05) is 6.54 Å². The standard InChI is InChI=1S/C16H20FNO4/c1-16(2,3)22-15(21)18-9-11(8-13(18)14(19)20)10-5-4-6-12(17)7-10/h4-7,11,13H,8-9H2,1-3H3,(H,19,20)/t11-,13-/m0/s1. The maximum absolute atomic E-state index is 13.3. The van der Waals surface area contributed by atoms with E-state index >= 15 is 0 Å². The van der Waals surface area contributed by atoms with Crippen molar-refractivity contribution < 1.29 is 23.8 Å². The molecular weight excluding hydrogens is 289 g/mol. The topological polar surface area (TPSA) is 66.8 Å². The highest BCUT2D eigenvalue weighted by Crippen LogP contribution is 2.33. The number of carboxylic acid groups (broad SMARTS) is 1. The summed E-state index contributed by atoms with van der Waals surface area (Å²) in [5, 5.41) is 9.33. The van der Waals surface area contributed by atoms with Crippen molar-refractivity contribution in [3.8, 4) is 0 Å². The molecule has 0 unspecified atom stereocenters. The van der Waals surface area contributed by atoms with Gasteiger partial charge in [-0.15, -0.1) is 0 Å². The largest absolute Gasteiger partial charge is 0.480 e. The number of carbonyl (C=O) groups is 2. The van der Waals surface area contributed by atoms with Crippen LogP contribution in [0.3, 0.4) is 0 Å². The molecule has 1 aromatic rings. The molecule has 0 radical (unpaired) electrons. The lowest BCUT2D eigenvalue weighted by molar-refractivity contribution is -0.142. The molecule has 6 heteroatoms. The molecule has 1 aliphatic rings. The number of benzene rings is 1. The summed E-state index contributed by atoms with van der Waals surface area (Å²) >= 11 is 0. The van der Waals surface area contributed by atoms with Crippen LogP contribution in [0.4, 0.5) is 9.18 Å². The number of halogens is 1. The predicted octanol–water partition coefficient (Wildman–Crippen LogP) is 3.00. The molecule has 2 atom stereocenters. The Kier molecular flexibility index (Phi) is 4.39. The first-order valence-electron chi connectivity index (χ1n) is 7.15. The third kappa shape index (κ3) is 3.75. The number of hydrogen-bond acceptors (Lipinski definition) is 3. The van der Waals surface area contributed by atoms with Crippen LogP contribution < -0.4 is 0 Å². The zero-order chi connectivity index (χ0) is 16.5. The van der Waals surface area contributed by atoms with E-state index in [9.17, 15) is 19.1 Å². The van der Waals surface area contributed by atoms with Crippen molar-refractivity contribution in [3.05, 3.63) is 35.6 Å². The van der Waals surface area contributed by atoms with Crippen molar-refractivity contribution >= 4 is 12.1 Å². The second-order valence-electron chi connectivity index (χ2n) is 6.47. The molecule has 1 aliphatic heterocycles. The summed E-state index contributed by atoms with van der Waals surface area (Å²) in [6.45, 7) is 5.37. The zero-order valence-electron chi connectivity index (χ0n) is 12.9. The van der Waals surface area contributed by atoms with Gasteiger partial charge in [-0.1, -0.05) is 12.1 Å². The van der Waals surface area contributed by atoms with Gasteiger partial charge in [0.2, 0.25) is 0 Å². The summed E-state index contributed by atoms with van der Waals surface area (Å²) in [7, 11) is 0. The van der Waals surface area contributed by atoms with E-state index in [1.54, 1.807) is 32.9 Å². The van der Waals surface area contributed by atoms with Crippen molar-refractivity contribution in [2.24, 2.45) is 0 Å². The Balaban J connectivity index is 2.19. The average molecular weight is 309 g/mol. The number of hydrogen-bond donors (Lipinski definition) is 1. The minimum atomic E-state index is -1.08. The monoisotopic (exact) mass is 309 g/mol. The Hall–Kier alpha value is -2.11. The molecule has 2 rings (SSSR count). The highest BCUT2D eigenvalue weighted by atomic mass is 19.1. The maximum Gasteiger partial charge on any atom is 0.411 e. The van der Waals surface area contributed by atoms with E-state index < -0.39 is 23.7 Å². The number of rotatable bonds is 2. The van der Waals surface area contributed by atoms with Gasteiger partial charge in [-0.3, -0.25) is 4.90 Å². The van der Waals surface area contributed by atoms with Crippen LogP contribution >= 0.6 is 0 Å². The van der Waals surface area contributed by atoms with E-state index in [0.29, 0.717) is 5.56 Å². The highest BCUT2D eigenvalue weighted by Gasteiger charge is 2.42. The smallest absolute Gasteiger partial charge is 0.411 e. The van der Waals surface area contributed by atoms with E-state index in [-0.39, 0.29) is 24.7 Å². The number of carbonyl (C=O) groups excluding carboxylic acids is 1. The first-order chi connectivity index (χ1) is 10.2. The van der Waals surface area contributed by atoms with Crippen molar-refractivity contribution in [1.29, 1.82) is 0 Å². The van der Waals surface area contributed by atoms with Crippen molar-refractivity contribution in [1.82, 2.24) is 4.90 Å². The van der Waals surface area contributed by atoms with Crippen LogP contribution in [-0.2, 0) is 9.53 Å². The summed E-state index contributed by atoms with van der Waals surface area (Å²) in [4.78, 5) is 24.8. The van der Waals surface area contributed by atoms with Crippen LogP contribution in [0.15, 0.2) is 24.3 Å². The molecule has 22 heavy (non-hydrogen) atoms. The van der Waals surface area contributed by atoms with Crippen LogP contribution in [0.2, 0.25) is 0 Å². The van der Waals surface area contributed by atoms with E-state index in [0.717, 1.165) is 0 Å². The van der Waals surface area contributed by atoms with Crippen LogP contribution in [-0.4, -0.2) is 40.3 Å². The molecule has 1 N–H and O–H groups in total. The fourth-order valence-corrected chi connectivity index (χ4v) is 2.59. The van der Waals surface area contributed by atoms with Crippen molar-refractivity contribution in [3.63, 3.8) is 0 Å². The summed E-state index contributed by atoms with van der Waals surface area (Å²) in [5.41, 5.74) is -0.00539. The van der Waals surface area contributed by atoms with Gasteiger partial charge in [-0.2, -0.15) is 0 Å². The molecule has 1 saturated heterocycles. The minimum Gasteiger partial charge on any atom is -0.480 e. The van der Waals surface area contributed by atoms with Crippen LogP contribution in [0.5, 0.6) is 0 Å². The Morgan fingerprint density at radius 3 is 2.59 bits per heavy atom. The molecule has 1 amide bonds. The van der Waals surface area contributed by atoms with Crippen LogP contribution in [0, 0.1) is 5.82 Å². The van der Waals surface area contributed by atoms with Crippen molar-refractivity contribution in [2.45, 2.75) is 44.8 Å². The average Bonchev–Trinajstić information content (AvgIpc) is 2.82. The lowest BCUT2D eigenvalue weighted by Crippen LogP contribution is -2.43. The Morgan fingerprint density at radius 1 is 1.36 bits per heavy atom. The molecule has 120 valence electrons. The highest BCUT2D eigenvalue weighted by molar-refractivity contribution is 5.81. The SMILES string of the molecule is CC(C)(C)OC(=O)N1C[C@@H](c2cccc(F)c2)C[C@H]1C(=O)O. The fourth-order valence-electron chi connectivity index (χ4n) is 2.59. The lowest BCUT2D eigenvalue weighted by Gasteiger charge is -2.26. The molecule has 5 nitrogen and oxygen atoms in total. The van der Waals surface area contributed by atoms with Gasteiger partial charge >= 0.3 is 12.1 Å². The Bertz CT molecular complexity index is 582. The molecule has 0 spiro atoms. The molecule has 1 heterocycles. The molecule has 1 fully saturated rings. The van der Waals surface area contributed by atoms with Gasteiger partial charge < -0.3 is 9.84 Å². The summed E-state index contributed by atoms with van der Waals surface area (Å²) in [5.74, 6) is -1.67. The molecular formula is C16H20FNO4. The molecule has 0 aromatic heterocycles. The first-order valence-corrected chi connectivity index (χ1v) is 7.15. The number of likely N-dealkylation sites (tertiary alicyclic amines) is 1. The predicted molar refractivity (Wildman–Crippen MR) is 78.1 cm³/mol. The van der Waals surface area contributed by atoms with E-state index in [1.807, 2.05) is 0 Å². The van der Waals surface area contributed by atoms with Gasteiger partial charge in [0.1, 0.15) is 17.5 Å². The van der Waals surface area contributed by atoms with Crippen LogP contribution in [0.1, 0.15) is 38.7 Å². The fraction of sp³-hybridized carbons (Fsp3) is 0.500. The number of amides is 1. The van der Waals surface area contributed by atoms with Gasteiger partial charge in [0.15, 0.2) is 0 Å². The normalized spacial score (nSPS) is 21.7. The first kappa shape index (κ1) is 16.3. The second kappa shape index (κ2) is 5.94. The Morgan fingerprint density at radius 2 is 2.05 bits per heavy atom. The Labute approximate surface area is 128 Å². The van der Waals surface area contributed by atoms with Gasteiger partial charge in [0.25, 0.3) is 0 Å². The van der Waals surface area contributed by atoms with Gasteiger partial charge in [0, 0.05) is 12.5 Å². The van der Waals surface area contributed by atoms with E-state index in [2.05, 4.69) is 0 Å². The number of carboxylic acids is 1. The van der Waals surface area contributed by atoms with Gasteiger partial charge in [-0.25, -0.2) is 14.0 Å². The molecule has 1 aromatic carbocycles. The number of ether oxygens (including phenoxy) is 1. The minimum absolute atomic E-state index is 0.204. The third-order valence-electron chi connectivity index (χ3n) is 3.53. The third-order valence-corrected chi connectivity index (χ3v) is 3.53. The zero-order valence-corrected chi connectivity index (χ0v) is 12.9. The summed E-state index contributed by atoms with van der Waals surface area (Å²) in [6.07, 6.45) is -0.406. The summed E-state index contributed by atoms with van der Waals surface area (Å²) < 4.78 is 18.6. The number of nitrogens with zero attached hydrogens (tertiary/aromatic N) is 1. The lowest BCUT2D eigenvalue weighted by atomic mass is 9.96. The maximum atomic E-state index is 13.3. The van der Waals surface area contributed by atoms with Gasteiger partial charge in [0.05, 0.1) is 0 Å². The molecule has 0 bridgehead atoms. The molecule has 0 saturated carbocycles. The van der Waals surface area contributed by atoms with E-state index in [4.69, 9.17) is 4.74 Å². The van der Waals surface area contributed by atoms with Gasteiger partial charge in [-0.05, 0) is 44.9 Å². The number of aliphatic carboxylic acids is 1. The summed E-state index contributed by atoms with van der Waals surface area (Å²) in [6, 6.07) is 5.08. The second-order valence-corrected chi connectivity index (χ2v) is 6.47.